The summed E-state index contributed by atoms with van der Waals surface area (Å²) < 4.78 is 21.4. The summed E-state index contributed by atoms with van der Waals surface area (Å²) in [6, 6.07) is 5.79. The van der Waals surface area contributed by atoms with Gasteiger partial charge in [0.2, 0.25) is 5.91 Å². The van der Waals surface area contributed by atoms with Crippen LogP contribution in [0.25, 0.3) is 0 Å². The molecule has 0 aromatic heterocycles. The molecule has 3 N–H and O–H groups in total. The van der Waals surface area contributed by atoms with Crippen molar-refractivity contribution in [2.45, 2.75) is 19.4 Å². The van der Waals surface area contributed by atoms with Gasteiger partial charge in [0.15, 0.2) is 0 Å². The van der Waals surface area contributed by atoms with E-state index in [1.165, 1.54) is 0 Å². The van der Waals surface area contributed by atoms with Gasteiger partial charge in [0.1, 0.15) is 0 Å². The first-order valence-electron chi connectivity index (χ1n) is 5.97. The van der Waals surface area contributed by atoms with Crippen LogP contribution in [-0.2, 0) is 17.8 Å². The molecule has 1 aromatic carbocycles. The first-order valence-corrected chi connectivity index (χ1v) is 7.64. The number of benzene rings is 1. The number of carbonyl (C=O) groups is 1. The van der Waals surface area contributed by atoms with E-state index in [1.807, 2.05) is 18.2 Å². The Morgan fingerprint density at radius 3 is 2.94 bits per heavy atom. The van der Waals surface area contributed by atoms with E-state index >= 15 is 0 Å². The molecular formula is C12H16N2O3S. The van der Waals surface area contributed by atoms with Gasteiger partial charge < -0.3 is 5.32 Å². The van der Waals surface area contributed by atoms with E-state index in [9.17, 15) is 13.9 Å². The molecule has 0 spiro atoms. The lowest BCUT2D eigenvalue weighted by Gasteiger charge is -2.36. The minimum atomic E-state index is -2.56. The van der Waals surface area contributed by atoms with E-state index < -0.39 is 10.8 Å². The van der Waals surface area contributed by atoms with Crippen molar-refractivity contribution in [1.29, 1.82) is 0 Å². The number of amides is 1. The summed E-state index contributed by atoms with van der Waals surface area (Å²) in [6.45, 7) is 1.25. The smallest absolute Gasteiger partial charge is 0.228 e. The molecule has 1 fully saturated rings. The Morgan fingerprint density at radius 1 is 1.39 bits per heavy atom. The zero-order chi connectivity index (χ0) is 12.8. The molecule has 2 aliphatic heterocycles. The molecular weight excluding hydrogens is 252 g/mol. The maximum atomic E-state index is 11.3. The van der Waals surface area contributed by atoms with Crippen LogP contribution in [0.2, 0.25) is 0 Å². The second-order valence-electron chi connectivity index (χ2n) is 4.77. The average Bonchev–Trinajstić information content (AvgIpc) is 2.81. The number of nitrogens with zero attached hydrogens (tertiary/aromatic N) is 1. The highest BCUT2D eigenvalue weighted by atomic mass is 32.3. The minimum Gasteiger partial charge on any atom is -0.326 e. The minimum absolute atomic E-state index is 0.0209. The molecule has 0 radical (unpaired) electrons. The standard InChI is InChI=1S/C12H16N2O3S/c15-12-7-10-6-9(2-3-11(10)13-12)8-14-4-1-5-18(14,16)17/h2-3,6,16-17H,1,4-5,7-8H2,(H,13,15). The molecule has 1 aromatic rings. The van der Waals surface area contributed by atoms with Gasteiger partial charge in [-0.2, -0.15) is 0 Å². The van der Waals surface area contributed by atoms with Crippen LogP contribution in [0, 0.1) is 0 Å². The summed E-state index contributed by atoms with van der Waals surface area (Å²) in [4.78, 5) is 11.3. The van der Waals surface area contributed by atoms with E-state index in [0.29, 0.717) is 18.7 Å². The number of nitrogens with one attached hydrogen (secondary N) is 1. The highest BCUT2D eigenvalue weighted by Gasteiger charge is 2.29. The Bertz CT molecular complexity index is 504. The number of hydrogen-bond acceptors (Lipinski definition) is 4. The quantitative estimate of drug-likeness (QED) is 0.767. The van der Waals surface area contributed by atoms with Crippen molar-refractivity contribution in [1.82, 2.24) is 4.31 Å². The van der Waals surface area contributed by atoms with Crippen molar-refractivity contribution in [3.05, 3.63) is 29.3 Å². The number of rotatable bonds is 2. The van der Waals surface area contributed by atoms with Crippen LogP contribution in [0.5, 0.6) is 0 Å². The molecule has 0 bridgehead atoms. The molecule has 1 amide bonds. The second kappa shape index (κ2) is 4.24. The first-order chi connectivity index (χ1) is 8.54. The average molecular weight is 268 g/mol. The largest absolute Gasteiger partial charge is 0.326 e. The summed E-state index contributed by atoms with van der Waals surface area (Å²) in [5.41, 5.74) is 2.89. The summed E-state index contributed by atoms with van der Waals surface area (Å²) >= 11 is 0. The van der Waals surface area contributed by atoms with Crippen LogP contribution >= 0.6 is 10.8 Å². The maximum absolute atomic E-state index is 11.3. The van der Waals surface area contributed by atoms with Crippen LogP contribution in [0.3, 0.4) is 0 Å². The van der Waals surface area contributed by atoms with E-state index in [4.69, 9.17) is 0 Å². The Kier molecular flexibility index (Phi) is 2.82. The molecule has 0 aliphatic carbocycles. The number of fused-ring (bicyclic) bond motifs is 1. The zero-order valence-electron chi connectivity index (χ0n) is 9.93. The van der Waals surface area contributed by atoms with Gasteiger partial charge in [0, 0.05) is 18.8 Å². The Labute approximate surface area is 107 Å². The number of anilines is 1. The van der Waals surface area contributed by atoms with Crippen molar-refractivity contribution in [3.63, 3.8) is 0 Å². The fraction of sp³-hybridized carbons (Fsp3) is 0.417. The van der Waals surface area contributed by atoms with E-state index in [1.54, 1.807) is 4.31 Å². The molecule has 2 aliphatic rings. The summed E-state index contributed by atoms with van der Waals surface area (Å²) in [5, 5.41) is 2.79. The van der Waals surface area contributed by atoms with E-state index in [-0.39, 0.29) is 5.91 Å². The number of carbonyl (C=O) groups excluding carboxylic acids is 1. The summed E-state index contributed by atoms with van der Waals surface area (Å²) in [7, 11) is -2.56. The van der Waals surface area contributed by atoms with Crippen LogP contribution in [0.4, 0.5) is 5.69 Å². The Balaban J connectivity index is 1.78. The van der Waals surface area contributed by atoms with Crippen LogP contribution in [0.1, 0.15) is 17.5 Å². The third-order valence-electron chi connectivity index (χ3n) is 3.39. The molecule has 5 nitrogen and oxygen atoms in total. The Hall–Kier alpha value is -1.08. The molecule has 0 unspecified atom stereocenters. The molecule has 3 rings (SSSR count). The van der Waals surface area contributed by atoms with Gasteiger partial charge in [-0.3, -0.25) is 13.9 Å². The van der Waals surface area contributed by atoms with E-state index in [0.717, 1.165) is 29.8 Å². The van der Waals surface area contributed by atoms with Gasteiger partial charge in [0.25, 0.3) is 0 Å². The third kappa shape index (κ3) is 2.12. The van der Waals surface area contributed by atoms with Crippen LogP contribution in [-0.4, -0.2) is 31.6 Å². The van der Waals surface area contributed by atoms with Crippen LogP contribution < -0.4 is 5.32 Å². The molecule has 1 saturated heterocycles. The fourth-order valence-corrected chi connectivity index (χ4v) is 4.03. The topological polar surface area (TPSA) is 72.8 Å². The van der Waals surface area contributed by atoms with Gasteiger partial charge in [0.05, 0.1) is 12.2 Å². The lowest BCUT2D eigenvalue weighted by Crippen LogP contribution is -2.22. The molecule has 98 valence electrons. The lowest BCUT2D eigenvalue weighted by atomic mass is 10.1. The van der Waals surface area contributed by atoms with Crippen molar-refractivity contribution in [2.24, 2.45) is 0 Å². The normalized spacial score (nSPS) is 23.8. The van der Waals surface area contributed by atoms with Crippen molar-refractivity contribution in [2.75, 3.05) is 17.6 Å². The summed E-state index contributed by atoms with van der Waals surface area (Å²) in [6.07, 6.45) is 1.24. The van der Waals surface area contributed by atoms with Gasteiger partial charge in [-0.25, -0.2) is 4.31 Å². The Morgan fingerprint density at radius 2 is 2.22 bits per heavy atom. The van der Waals surface area contributed by atoms with Gasteiger partial charge in [-0.05, 0) is 23.6 Å². The first kappa shape index (κ1) is 12.0. The van der Waals surface area contributed by atoms with Gasteiger partial charge in [-0.15, -0.1) is 10.8 Å². The molecule has 18 heavy (non-hydrogen) atoms. The molecule has 0 saturated carbocycles. The number of hydrogen-bond donors (Lipinski definition) is 3. The molecule has 6 heteroatoms. The van der Waals surface area contributed by atoms with Crippen molar-refractivity contribution >= 4 is 22.4 Å². The third-order valence-corrected chi connectivity index (χ3v) is 5.37. The predicted molar refractivity (Wildman–Crippen MR) is 71.5 cm³/mol. The zero-order valence-corrected chi connectivity index (χ0v) is 10.7. The van der Waals surface area contributed by atoms with Gasteiger partial charge in [-0.1, -0.05) is 12.1 Å². The predicted octanol–water partition coefficient (Wildman–Crippen LogP) is 2.05. The molecule has 0 atom stereocenters. The highest BCUT2D eigenvalue weighted by Crippen LogP contribution is 2.49. The van der Waals surface area contributed by atoms with Crippen LogP contribution in [0.15, 0.2) is 18.2 Å². The van der Waals surface area contributed by atoms with E-state index in [2.05, 4.69) is 5.32 Å². The van der Waals surface area contributed by atoms with Crippen molar-refractivity contribution in [3.8, 4) is 0 Å². The second-order valence-corrected chi connectivity index (χ2v) is 6.96. The lowest BCUT2D eigenvalue weighted by molar-refractivity contribution is -0.115. The SMILES string of the molecule is O=C1Cc2cc(CN3CCCS3(O)O)ccc2N1. The molecule has 2 heterocycles. The maximum Gasteiger partial charge on any atom is 0.228 e. The van der Waals surface area contributed by atoms with Crippen molar-refractivity contribution < 1.29 is 13.9 Å². The summed E-state index contributed by atoms with van der Waals surface area (Å²) in [5.74, 6) is 0.491. The fourth-order valence-electron chi connectivity index (χ4n) is 2.48. The monoisotopic (exact) mass is 268 g/mol. The highest BCUT2D eigenvalue weighted by molar-refractivity contribution is 8.22. The van der Waals surface area contributed by atoms with Gasteiger partial charge >= 0.3 is 0 Å².